The Labute approximate surface area is 165 Å². The fraction of sp³-hybridized carbons (Fsp3) is 0.435. The number of benzene rings is 1. The monoisotopic (exact) mass is 377 g/mol. The van der Waals surface area contributed by atoms with E-state index in [1.165, 1.54) is 24.8 Å². The normalized spacial score (nSPS) is 20.0. The van der Waals surface area contributed by atoms with E-state index in [1.54, 1.807) is 0 Å². The standard InChI is InChI=1S/C23H27N3O2/c1-2-6-20(7-3-1)26-16-18(14-24-26)15-25(19-9-10-19)17-21-11-12-23(28-21)22-8-4-5-13-27-22/h1-3,6-7,11-12,14,16,19,22H,4-5,8-10,13,15,17H2. The van der Waals surface area contributed by atoms with Crippen molar-refractivity contribution < 1.29 is 9.15 Å². The fourth-order valence-corrected chi connectivity index (χ4v) is 3.97. The lowest BCUT2D eigenvalue weighted by molar-refractivity contribution is 0.000785. The summed E-state index contributed by atoms with van der Waals surface area (Å²) in [4.78, 5) is 2.51. The molecule has 2 aliphatic rings. The van der Waals surface area contributed by atoms with Gasteiger partial charge in [-0.05, 0) is 56.4 Å². The molecule has 1 saturated heterocycles. The molecule has 1 aliphatic carbocycles. The molecule has 2 fully saturated rings. The molecule has 146 valence electrons. The third-order valence-corrected chi connectivity index (χ3v) is 5.64. The molecule has 5 heteroatoms. The summed E-state index contributed by atoms with van der Waals surface area (Å²) in [6.07, 6.45) is 10.2. The van der Waals surface area contributed by atoms with Gasteiger partial charge in [-0.2, -0.15) is 5.10 Å². The van der Waals surface area contributed by atoms with Crippen LogP contribution in [0.4, 0.5) is 0 Å². The van der Waals surface area contributed by atoms with Crippen LogP contribution in [0.2, 0.25) is 0 Å². The van der Waals surface area contributed by atoms with Crippen molar-refractivity contribution in [2.45, 2.75) is 57.3 Å². The van der Waals surface area contributed by atoms with E-state index in [1.807, 2.05) is 29.1 Å². The Kier molecular flexibility index (Phi) is 5.02. The number of nitrogens with zero attached hydrogens (tertiary/aromatic N) is 3. The maximum Gasteiger partial charge on any atom is 0.133 e. The fourth-order valence-electron chi connectivity index (χ4n) is 3.97. The lowest BCUT2D eigenvalue weighted by Gasteiger charge is -2.21. The topological polar surface area (TPSA) is 43.4 Å². The molecule has 3 heterocycles. The Hall–Kier alpha value is -2.37. The van der Waals surface area contributed by atoms with Gasteiger partial charge in [-0.15, -0.1) is 0 Å². The van der Waals surface area contributed by atoms with E-state index in [9.17, 15) is 0 Å². The lowest BCUT2D eigenvalue weighted by atomic mass is 10.1. The second-order valence-corrected chi connectivity index (χ2v) is 7.92. The first-order valence-corrected chi connectivity index (χ1v) is 10.4. The van der Waals surface area contributed by atoms with Gasteiger partial charge < -0.3 is 9.15 Å². The Balaban J connectivity index is 1.26. The number of hydrogen-bond acceptors (Lipinski definition) is 4. The second kappa shape index (κ2) is 7.94. The maximum absolute atomic E-state index is 6.16. The highest BCUT2D eigenvalue weighted by Gasteiger charge is 2.30. The zero-order valence-corrected chi connectivity index (χ0v) is 16.2. The number of rotatable bonds is 7. The van der Waals surface area contributed by atoms with Gasteiger partial charge in [-0.3, -0.25) is 4.90 Å². The molecule has 0 spiro atoms. The van der Waals surface area contributed by atoms with Crippen LogP contribution in [-0.2, 0) is 17.8 Å². The van der Waals surface area contributed by atoms with Crippen LogP contribution in [0.15, 0.2) is 59.3 Å². The summed E-state index contributed by atoms with van der Waals surface area (Å²) in [5.41, 5.74) is 2.33. The van der Waals surface area contributed by atoms with Gasteiger partial charge in [0.15, 0.2) is 0 Å². The van der Waals surface area contributed by atoms with Crippen molar-refractivity contribution in [3.8, 4) is 5.69 Å². The number of hydrogen-bond donors (Lipinski definition) is 0. The number of para-hydroxylation sites is 1. The van der Waals surface area contributed by atoms with Crippen LogP contribution in [0.5, 0.6) is 0 Å². The molecular formula is C23H27N3O2. The number of furan rings is 1. The second-order valence-electron chi connectivity index (χ2n) is 7.92. The average Bonchev–Trinajstić information content (AvgIpc) is 3.31. The molecule has 1 aliphatic heterocycles. The van der Waals surface area contributed by atoms with Crippen LogP contribution < -0.4 is 0 Å². The first-order valence-electron chi connectivity index (χ1n) is 10.4. The Morgan fingerprint density at radius 3 is 2.68 bits per heavy atom. The first kappa shape index (κ1) is 17.7. The predicted octanol–water partition coefficient (Wildman–Crippen LogP) is 4.87. The molecule has 0 amide bonds. The van der Waals surface area contributed by atoms with Crippen molar-refractivity contribution in [1.29, 1.82) is 0 Å². The average molecular weight is 377 g/mol. The molecule has 2 aromatic heterocycles. The van der Waals surface area contributed by atoms with Crippen molar-refractivity contribution >= 4 is 0 Å². The summed E-state index contributed by atoms with van der Waals surface area (Å²) in [5.74, 6) is 2.02. The van der Waals surface area contributed by atoms with Gasteiger partial charge in [0.05, 0.1) is 18.4 Å². The van der Waals surface area contributed by atoms with Crippen LogP contribution in [0.25, 0.3) is 5.69 Å². The largest absolute Gasteiger partial charge is 0.462 e. The highest BCUT2D eigenvalue weighted by molar-refractivity contribution is 5.31. The summed E-state index contributed by atoms with van der Waals surface area (Å²) < 4.78 is 14.0. The third-order valence-electron chi connectivity index (χ3n) is 5.64. The summed E-state index contributed by atoms with van der Waals surface area (Å²) in [7, 11) is 0. The summed E-state index contributed by atoms with van der Waals surface area (Å²) >= 11 is 0. The minimum atomic E-state index is 0.140. The Bertz CT molecular complexity index is 891. The van der Waals surface area contributed by atoms with Gasteiger partial charge in [0.1, 0.15) is 17.6 Å². The van der Waals surface area contributed by atoms with Crippen molar-refractivity contribution in [3.63, 3.8) is 0 Å². The predicted molar refractivity (Wildman–Crippen MR) is 107 cm³/mol. The van der Waals surface area contributed by atoms with Gasteiger partial charge in [0.25, 0.3) is 0 Å². The van der Waals surface area contributed by atoms with E-state index < -0.39 is 0 Å². The first-order chi connectivity index (χ1) is 13.8. The van der Waals surface area contributed by atoms with Gasteiger partial charge in [0.2, 0.25) is 0 Å². The summed E-state index contributed by atoms with van der Waals surface area (Å²) in [6, 6.07) is 15.1. The van der Waals surface area contributed by atoms with Crippen LogP contribution >= 0.6 is 0 Å². The van der Waals surface area contributed by atoms with Crippen molar-refractivity contribution in [2.75, 3.05) is 6.61 Å². The molecule has 0 radical (unpaired) electrons. The maximum atomic E-state index is 6.16. The molecule has 5 nitrogen and oxygen atoms in total. The highest BCUT2D eigenvalue weighted by Crippen LogP contribution is 2.32. The molecule has 1 saturated carbocycles. The van der Waals surface area contributed by atoms with E-state index in [4.69, 9.17) is 9.15 Å². The van der Waals surface area contributed by atoms with Gasteiger partial charge in [0, 0.05) is 31.0 Å². The molecule has 0 N–H and O–H groups in total. The SMILES string of the molecule is c1ccc(-n2cc(CN(Cc3ccc(C4CCCCO4)o3)C3CC3)cn2)cc1. The van der Waals surface area contributed by atoms with E-state index in [-0.39, 0.29) is 6.10 Å². The molecule has 1 unspecified atom stereocenters. The smallest absolute Gasteiger partial charge is 0.133 e. The van der Waals surface area contributed by atoms with E-state index in [0.717, 1.165) is 49.7 Å². The van der Waals surface area contributed by atoms with Crippen molar-refractivity contribution in [1.82, 2.24) is 14.7 Å². The van der Waals surface area contributed by atoms with Gasteiger partial charge >= 0.3 is 0 Å². The minimum Gasteiger partial charge on any atom is -0.462 e. The minimum absolute atomic E-state index is 0.140. The Morgan fingerprint density at radius 1 is 1.00 bits per heavy atom. The highest BCUT2D eigenvalue weighted by atomic mass is 16.5. The van der Waals surface area contributed by atoms with Crippen LogP contribution in [0.1, 0.15) is 55.3 Å². The van der Waals surface area contributed by atoms with Crippen LogP contribution in [0.3, 0.4) is 0 Å². The quantitative estimate of drug-likeness (QED) is 0.589. The van der Waals surface area contributed by atoms with Crippen molar-refractivity contribution in [3.05, 3.63) is 71.9 Å². The van der Waals surface area contributed by atoms with E-state index in [2.05, 4.69) is 40.5 Å². The summed E-state index contributed by atoms with van der Waals surface area (Å²) in [6.45, 7) is 2.58. The van der Waals surface area contributed by atoms with Crippen LogP contribution in [0, 0.1) is 0 Å². The van der Waals surface area contributed by atoms with Crippen molar-refractivity contribution in [2.24, 2.45) is 0 Å². The Morgan fingerprint density at radius 2 is 1.89 bits per heavy atom. The zero-order chi connectivity index (χ0) is 18.8. The molecule has 1 aromatic carbocycles. The van der Waals surface area contributed by atoms with Gasteiger partial charge in [-0.25, -0.2) is 4.68 Å². The van der Waals surface area contributed by atoms with E-state index >= 15 is 0 Å². The lowest BCUT2D eigenvalue weighted by Crippen LogP contribution is -2.24. The molecule has 28 heavy (non-hydrogen) atoms. The molecule has 5 rings (SSSR count). The molecule has 3 aromatic rings. The molecule has 1 atom stereocenters. The third kappa shape index (κ3) is 4.05. The number of aromatic nitrogens is 2. The summed E-state index contributed by atoms with van der Waals surface area (Å²) in [5, 5.41) is 4.54. The number of ether oxygens (including phenoxy) is 1. The van der Waals surface area contributed by atoms with E-state index in [0.29, 0.717) is 6.04 Å². The van der Waals surface area contributed by atoms with Gasteiger partial charge in [-0.1, -0.05) is 18.2 Å². The van der Waals surface area contributed by atoms with Crippen LogP contribution in [-0.4, -0.2) is 27.3 Å². The molecule has 0 bridgehead atoms. The molecular weight excluding hydrogens is 350 g/mol. The zero-order valence-electron chi connectivity index (χ0n) is 16.2.